The molecule has 0 bridgehead atoms. The van der Waals surface area contributed by atoms with Gasteiger partial charge in [-0.25, -0.2) is 0 Å². The first-order valence-corrected chi connectivity index (χ1v) is 25.1. The molecule has 0 radical (unpaired) electrons. The van der Waals surface area contributed by atoms with Crippen LogP contribution >= 0.6 is 21.6 Å². The molecule has 1 aromatic carbocycles. The largest absolute Gasteiger partial charge is 0.494 e. The highest BCUT2D eigenvalue weighted by Crippen LogP contribution is 2.26. The molecule has 2 aliphatic rings. The van der Waals surface area contributed by atoms with Crippen molar-refractivity contribution in [2.45, 2.75) is 127 Å². The number of carbonyl (C=O) groups is 10. The van der Waals surface area contributed by atoms with Crippen molar-refractivity contribution < 1.29 is 57.8 Å². The van der Waals surface area contributed by atoms with E-state index in [4.69, 9.17) is 21.9 Å². The van der Waals surface area contributed by atoms with E-state index in [0.717, 1.165) is 10.8 Å². The number of rotatable bonds is 18. The first-order valence-electron chi connectivity index (χ1n) is 22.6. The van der Waals surface area contributed by atoms with Crippen LogP contribution in [0.2, 0.25) is 0 Å². The molecule has 1 unspecified atom stereocenters. The topological polar surface area (TPSA) is 366 Å². The average Bonchev–Trinajstić information content (AvgIpc) is 3.79. The number of hydrogen-bond donors (Lipinski definition) is 11. The third-order valence-electron chi connectivity index (χ3n) is 11.2. The maximum Gasteiger partial charge on any atom is 0.246 e. The average molecular weight is 994 g/mol. The van der Waals surface area contributed by atoms with Gasteiger partial charge in [-0.15, -0.1) is 0 Å². The van der Waals surface area contributed by atoms with Gasteiger partial charge in [0.25, 0.3) is 0 Å². The summed E-state index contributed by atoms with van der Waals surface area (Å²) in [6, 6.07) is -2.62. The summed E-state index contributed by atoms with van der Waals surface area (Å²) in [5.74, 6) is -8.07. The summed E-state index contributed by atoms with van der Waals surface area (Å²) in [5.41, 5.74) is 17.0. The molecule has 0 aliphatic carbocycles. The number of nitrogens with two attached hydrogens (primary N) is 3. The molecule has 14 N–H and O–H groups in total. The Balaban J connectivity index is 1.99. The number of carbonyl (C=O) groups excluding carboxylic acids is 10. The van der Waals surface area contributed by atoms with Gasteiger partial charge in [0.2, 0.25) is 59.1 Å². The predicted octanol–water partition coefficient (Wildman–Crippen LogP) is -3.04. The van der Waals surface area contributed by atoms with Crippen molar-refractivity contribution in [1.29, 1.82) is 0 Å². The van der Waals surface area contributed by atoms with Crippen LogP contribution in [-0.2, 0) is 54.4 Å². The summed E-state index contributed by atoms with van der Waals surface area (Å²) in [6.07, 6.45) is -1.05. The number of nitrogens with zero attached hydrogens (tertiary/aromatic N) is 1. The van der Waals surface area contributed by atoms with Crippen LogP contribution in [0.25, 0.3) is 0 Å². The highest BCUT2D eigenvalue weighted by atomic mass is 33.1. The van der Waals surface area contributed by atoms with Crippen molar-refractivity contribution >= 4 is 80.7 Å². The summed E-state index contributed by atoms with van der Waals surface area (Å²) >= 11 is 0. The van der Waals surface area contributed by atoms with E-state index in [1.807, 2.05) is 6.92 Å². The van der Waals surface area contributed by atoms with Gasteiger partial charge in [-0.3, -0.25) is 47.9 Å². The van der Waals surface area contributed by atoms with Crippen molar-refractivity contribution in [1.82, 2.24) is 42.1 Å². The van der Waals surface area contributed by atoms with Gasteiger partial charge in [0, 0.05) is 30.9 Å². The normalized spacial score (nSPS) is 23.8. The van der Waals surface area contributed by atoms with Gasteiger partial charge in [0.05, 0.1) is 25.7 Å². The third kappa shape index (κ3) is 18.1. The van der Waals surface area contributed by atoms with Crippen LogP contribution in [-0.4, -0.2) is 155 Å². The Morgan fingerprint density at radius 2 is 1.53 bits per heavy atom. The fourth-order valence-electron chi connectivity index (χ4n) is 7.29. The van der Waals surface area contributed by atoms with Crippen molar-refractivity contribution in [3.05, 3.63) is 29.8 Å². The van der Waals surface area contributed by atoms with E-state index in [0.29, 0.717) is 37.2 Å². The maximum absolute atomic E-state index is 14.4. The van der Waals surface area contributed by atoms with Gasteiger partial charge in [0.15, 0.2) is 0 Å². The Labute approximate surface area is 403 Å². The Morgan fingerprint density at radius 3 is 2.15 bits per heavy atom. The number of aliphatic hydroxyl groups excluding tert-OH is 1. The molecule has 0 aromatic heterocycles. The minimum atomic E-state index is -1.74. The smallest absolute Gasteiger partial charge is 0.246 e. The number of nitrogens with one attached hydrogen (secondary N) is 7. The number of benzene rings is 1. The third-order valence-corrected chi connectivity index (χ3v) is 13.6. The lowest BCUT2D eigenvalue weighted by Gasteiger charge is -2.31. The molecule has 0 saturated carbocycles. The number of aliphatic hydroxyl groups is 1. The Hall–Kier alpha value is -5.66. The van der Waals surface area contributed by atoms with E-state index in [2.05, 4.69) is 37.2 Å². The molecule has 25 heteroatoms. The van der Waals surface area contributed by atoms with E-state index in [9.17, 15) is 53.1 Å². The van der Waals surface area contributed by atoms with E-state index in [1.54, 1.807) is 38.1 Å². The Bertz CT molecular complexity index is 1950. The van der Waals surface area contributed by atoms with Gasteiger partial charge in [-0.2, -0.15) is 0 Å². The highest BCUT2D eigenvalue weighted by Gasteiger charge is 2.41. The molecule has 23 nitrogen and oxygen atoms in total. The van der Waals surface area contributed by atoms with Gasteiger partial charge >= 0.3 is 0 Å². The molecule has 2 heterocycles. The highest BCUT2D eigenvalue weighted by molar-refractivity contribution is 8.76. The Kier molecular flexibility index (Phi) is 23.8. The number of hydrogen-bond acceptors (Lipinski definition) is 15. The molecule has 68 heavy (non-hydrogen) atoms. The summed E-state index contributed by atoms with van der Waals surface area (Å²) in [5, 5.41) is 28.7. The zero-order chi connectivity index (χ0) is 50.5. The van der Waals surface area contributed by atoms with E-state index in [1.165, 1.54) is 22.6 Å². The van der Waals surface area contributed by atoms with Crippen LogP contribution in [0.15, 0.2) is 24.3 Å². The molecule has 0 spiro atoms. The van der Waals surface area contributed by atoms with Gasteiger partial charge in [0.1, 0.15) is 48.0 Å². The van der Waals surface area contributed by atoms with Crippen molar-refractivity contribution in [2.75, 3.05) is 37.7 Å². The quantitative estimate of drug-likeness (QED) is 0.0652. The fraction of sp³-hybridized carbons (Fsp3) is 0.628. The van der Waals surface area contributed by atoms with Gasteiger partial charge in [-0.05, 0) is 69.7 Å². The van der Waals surface area contributed by atoms with Crippen LogP contribution in [0, 0.1) is 5.92 Å². The van der Waals surface area contributed by atoms with Crippen LogP contribution in [0.1, 0.15) is 78.2 Å². The van der Waals surface area contributed by atoms with E-state index >= 15 is 0 Å². The monoisotopic (exact) mass is 993 g/mol. The lowest BCUT2D eigenvalue weighted by molar-refractivity contribution is -0.142. The molecule has 2 saturated heterocycles. The standard InChI is InChI=1S/C43H67N11O12S2/c1-5-23(3)35-41(63)53-36(24(4)55)42(64)50-29(20-32(45)56)38(60)51-30(43(65)54-17-8-10-31(54)40(62)49-27(9-7-16-44)37(59)47-21-33(46)57)22-68-67-18-15-34(58)48-28(39(61)52-35)19-25-11-13-26(14-12-25)66-6-2/h11-14,23-24,27-31,35-36,55H,5-10,15-22,44H2,1-4H3,(H2,45,56)(H2,46,57)(H,47,59)(H,48,58)(H,49,62)(H,50,64)(H,51,60)(H,52,61)(H,53,63)/t23-,24+,27-,28+,29-,30-,31-,35?,36-/m0/s1. The summed E-state index contributed by atoms with van der Waals surface area (Å²) < 4.78 is 5.53. The first-order chi connectivity index (χ1) is 32.3. The molecular formula is C43H67N11O12S2. The first kappa shape index (κ1) is 56.7. The Morgan fingerprint density at radius 1 is 0.868 bits per heavy atom. The molecule has 2 fully saturated rings. The van der Waals surface area contributed by atoms with Gasteiger partial charge in [-0.1, -0.05) is 54.0 Å². The van der Waals surface area contributed by atoms with Crippen LogP contribution in [0.3, 0.4) is 0 Å². The zero-order valence-corrected chi connectivity index (χ0v) is 40.5. The maximum atomic E-state index is 14.4. The van der Waals surface area contributed by atoms with Gasteiger partial charge < -0.3 is 69.2 Å². The van der Waals surface area contributed by atoms with Crippen LogP contribution in [0.4, 0.5) is 0 Å². The second-order valence-electron chi connectivity index (χ2n) is 16.5. The van der Waals surface area contributed by atoms with Crippen molar-refractivity contribution in [2.24, 2.45) is 23.1 Å². The predicted molar refractivity (Wildman–Crippen MR) is 253 cm³/mol. The van der Waals surface area contributed by atoms with Crippen LogP contribution in [0.5, 0.6) is 5.75 Å². The van der Waals surface area contributed by atoms with E-state index < -0.39 is 126 Å². The number of ether oxygens (including phenoxy) is 1. The molecule has 9 atom stereocenters. The number of primary amides is 2. The van der Waals surface area contributed by atoms with Crippen molar-refractivity contribution in [3.8, 4) is 5.75 Å². The minimum Gasteiger partial charge on any atom is -0.494 e. The second kappa shape index (κ2) is 28.6. The molecule has 3 rings (SSSR count). The molecule has 378 valence electrons. The fourth-order valence-corrected chi connectivity index (χ4v) is 9.44. The summed E-state index contributed by atoms with van der Waals surface area (Å²) in [6.45, 7) is 6.72. The zero-order valence-electron chi connectivity index (χ0n) is 38.8. The summed E-state index contributed by atoms with van der Waals surface area (Å²) in [7, 11) is 2.27. The lowest BCUT2D eigenvalue weighted by Crippen LogP contribution is -2.63. The molecule has 10 amide bonds. The second-order valence-corrected chi connectivity index (χ2v) is 19.1. The molecule has 1 aromatic rings. The van der Waals surface area contributed by atoms with Crippen molar-refractivity contribution in [3.63, 3.8) is 0 Å². The number of amides is 10. The minimum absolute atomic E-state index is 0.0243. The lowest BCUT2D eigenvalue weighted by atomic mass is 9.96. The van der Waals surface area contributed by atoms with Crippen LogP contribution < -0.4 is 59.2 Å². The SMILES string of the molecule is CCOc1ccc(C[C@H]2NC(=O)CCSSC[C@@H](C(=O)N3CCC[C@H]3C(=O)N[C@@H](CCCN)C(=O)NCC(N)=O)NC(=O)[C@H](CC(N)=O)NC(=O)[C@H]([C@@H](C)O)NC(=O)C([C@@H](C)CC)NC2=O)cc1. The van der Waals surface area contributed by atoms with E-state index in [-0.39, 0.29) is 50.3 Å². The number of likely N-dealkylation sites (tertiary alicyclic amines) is 1. The molecular weight excluding hydrogens is 927 g/mol. The summed E-state index contributed by atoms with van der Waals surface area (Å²) in [4.78, 5) is 135. The molecule has 2 aliphatic heterocycles.